The lowest BCUT2D eigenvalue weighted by molar-refractivity contribution is 0.468. The van der Waals surface area contributed by atoms with Crippen molar-refractivity contribution >= 4 is 29.9 Å². The molecule has 1 aromatic heterocycles. The van der Waals surface area contributed by atoms with Crippen LogP contribution in [0.1, 0.15) is 44.3 Å². The summed E-state index contributed by atoms with van der Waals surface area (Å²) in [5.41, 5.74) is 0. The van der Waals surface area contributed by atoms with Crippen LogP contribution in [0.3, 0.4) is 0 Å². The second-order valence-electron chi connectivity index (χ2n) is 5.66. The highest BCUT2D eigenvalue weighted by molar-refractivity contribution is 14.0. The van der Waals surface area contributed by atoms with Crippen LogP contribution < -0.4 is 5.32 Å². The van der Waals surface area contributed by atoms with E-state index in [1.165, 1.54) is 12.8 Å². The number of nitrogens with zero attached hydrogens (tertiary/aromatic N) is 5. The summed E-state index contributed by atoms with van der Waals surface area (Å²) >= 11 is 0. The lowest BCUT2D eigenvalue weighted by Gasteiger charge is -2.22. The van der Waals surface area contributed by atoms with E-state index < -0.39 is 0 Å². The van der Waals surface area contributed by atoms with E-state index in [1.54, 1.807) is 0 Å². The zero-order valence-electron chi connectivity index (χ0n) is 14.3. The molecule has 1 aliphatic heterocycles. The van der Waals surface area contributed by atoms with Crippen LogP contribution >= 0.6 is 24.0 Å². The molecule has 1 aromatic rings. The quantitative estimate of drug-likeness (QED) is 0.237. The molecule has 23 heavy (non-hydrogen) atoms. The van der Waals surface area contributed by atoms with Gasteiger partial charge in [0.05, 0.1) is 0 Å². The van der Waals surface area contributed by atoms with Gasteiger partial charge in [0.1, 0.15) is 12.4 Å². The Morgan fingerprint density at radius 3 is 3.00 bits per heavy atom. The maximum Gasteiger partial charge on any atom is 0.194 e. The van der Waals surface area contributed by atoms with Gasteiger partial charge in [0.2, 0.25) is 0 Å². The molecule has 130 valence electrons. The van der Waals surface area contributed by atoms with Crippen LogP contribution in [0.4, 0.5) is 0 Å². The second-order valence-corrected chi connectivity index (χ2v) is 5.66. The molecular weight excluding hydrogens is 403 g/mol. The first-order chi connectivity index (χ1) is 10.8. The van der Waals surface area contributed by atoms with Crippen LogP contribution in [-0.2, 0) is 19.5 Å². The number of aromatic nitrogens is 3. The average molecular weight is 432 g/mol. The predicted octanol–water partition coefficient (Wildman–Crippen LogP) is 2.60. The molecular formula is C16H29IN6. The van der Waals surface area contributed by atoms with E-state index >= 15 is 0 Å². The van der Waals surface area contributed by atoms with Gasteiger partial charge >= 0.3 is 0 Å². The molecule has 0 amide bonds. The molecule has 2 rings (SSSR count). The van der Waals surface area contributed by atoms with Crippen LogP contribution in [0.25, 0.3) is 0 Å². The van der Waals surface area contributed by atoms with Gasteiger partial charge in [0.25, 0.3) is 0 Å². The summed E-state index contributed by atoms with van der Waals surface area (Å²) < 4.78 is 2.23. The molecule has 0 bridgehead atoms. The standard InChI is InChI=1S/C16H28N6.HI/c1-4-6-8-11-21(3)16(17-5-2)18-13-15-20-19-14-10-7-9-12-22(14)15;/h4H,1,5-13H2,2-3H3,(H,17,18);1H. The van der Waals surface area contributed by atoms with Crippen molar-refractivity contribution in [3.63, 3.8) is 0 Å². The minimum atomic E-state index is 0. The lowest BCUT2D eigenvalue weighted by atomic mass is 10.2. The van der Waals surface area contributed by atoms with Crippen LogP contribution in [-0.4, -0.2) is 45.8 Å². The highest BCUT2D eigenvalue weighted by Crippen LogP contribution is 2.14. The third kappa shape index (κ3) is 5.78. The van der Waals surface area contributed by atoms with Crippen LogP contribution in [0.15, 0.2) is 17.6 Å². The fourth-order valence-electron chi connectivity index (χ4n) is 2.68. The lowest BCUT2D eigenvalue weighted by Crippen LogP contribution is -2.39. The fourth-order valence-corrected chi connectivity index (χ4v) is 2.68. The van der Waals surface area contributed by atoms with Gasteiger partial charge in [-0.2, -0.15) is 0 Å². The van der Waals surface area contributed by atoms with Crippen molar-refractivity contribution in [2.75, 3.05) is 20.1 Å². The van der Waals surface area contributed by atoms with Crippen molar-refractivity contribution in [3.05, 3.63) is 24.3 Å². The topological polar surface area (TPSA) is 58.3 Å². The van der Waals surface area contributed by atoms with Gasteiger partial charge in [-0.3, -0.25) is 0 Å². The molecule has 0 fully saturated rings. The van der Waals surface area contributed by atoms with Crippen LogP contribution in [0.5, 0.6) is 0 Å². The van der Waals surface area contributed by atoms with E-state index in [0.29, 0.717) is 6.54 Å². The van der Waals surface area contributed by atoms with Gasteiger partial charge in [-0.25, -0.2) is 4.99 Å². The van der Waals surface area contributed by atoms with Crippen molar-refractivity contribution in [2.45, 2.75) is 52.1 Å². The Balaban J connectivity index is 0.00000264. The van der Waals surface area contributed by atoms with E-state index in [4.69, 9.17) is 4.99 Å². The minimum absolute atomic E-state index is 0. The zero-order chi connectivity index (χ0) is 15.8. The summed E-state index contributed by atoms with van der Waals surface area (Å²) in [4.78, 5) is 6.89. The van der Waals surface area contributed by atoms with Crippen molar-refractivity contribution in [2.24, 2.45) is 4.99 Å². The summed E-state index contributed by atoms with van der Waals surface area (Å²) in [6.45, 7) is 9.30. The number of aliphatic imine (C=N–C) groups is 1. The number of allylic oxidation sites excluding steroid dienone is 1. The number of rotatable bonds is 7. The maximum atomic E-state index is 4.73. The summed E-state index contributed by atoms with van der Waals surface area (Å²) in [6, 6.07) is 0. The number of unbranched alkanes of at least 4 members (excludes halogenated alkanes) is 1. The van der Waals surface area contributed by atoms with Gasteiger partial charge in [0, 0.05) is 33.1 Å². The number of guanidine groups is 1. The van der Waals surface area contributed by atoms with Gasteiger partial charge in [-0.05, 0) is 32.6 Å². The number of fused-ring (bicyclic) bond motifs is 1. The van der Waals surface area contributed by atoms with E-state index in [-0.39, 0.29) is 24.0 Å². The minimum Gasteiger partial charge on any atom is -0.357 e. The Bertz CT molecular complexity index is 511. The van der Waals surface area contributed by atoms with Gasteiger partial charge < -0.3 is 14.8 Å². The number of hydrogen-bond acceptors (Lipinski definition) is 3. The first-order valence-corrected chi connectivity index (χ1v) is 8.27. The normalized spacial score (nSPS) is 13.9. The molecule has 0 saturated carbocycles. The fraction of sp³-hybridized carbons (Fsp3) is 0.688. The zero-order valence-corrected chi connectivity index (χ0v) is 16.6. The van der Waals surface area contributed by atoms with E-state index in [2.05, 4.69) is 45.5 Å². The Morgan fingerprint density at radius 1 is 1.43 bits per heavy atom. The SMILES string of the molecule is C=CCCCN(C)C(=NCc1nnc2n1CCCC2)NCC.I. The summed E-state index contributed by atoms with van der Waals surface area (Å²) in [5.74, 6) is 3.02. The third-order valence-corrected chi connectivity index (χ3v) is 3.90. The summed E-state index contributed by atoms with van der Waals surface area (Å²) in [6.07, 6.45) is 7.55. The highest BCUT2D eigenvalue weighted by atomic mass is 127. The smallest absolute Gasteiger partial charge is 0.194 e. The van der Waals surface area contributed by atoms with Crippen LogP contribution in [0, 0.1) is 0 Å². The number of nitrogens with one attached hydrogen (secondary N) is 1. The largest absolute Gasteiger partial charge is 0.357 e. The Morgan fingerprint density at radius 2 is 2.26 bits per heavy atom. The maximum absolute atomic E-state index is 4.73. The van der Waals surface area contributed by atoms with Gasteiger partial charge in [-0.1, -0.05) is 6.08 Å². The number of halogens is 1. The molecule has 0 aromatic carbocycles. The van der Waals surface area contributed by atoms with Gasteiger partial charge in [0.15, 0.2) is 11.8 Å². The number of hydrogen-bond donors (Lipinski definition) is 1. The molecule has 1 N–H and O–H groups in total. The molecule has 0 unspecified atom stereocenters. The molecule has 0 atom stereocenters. The molecule has 2 heterocycles. The highest BCUT2D eigenvalue weighted by Gasteiger charge is 2.15. The van der Waals surface area contributed by atoms with E-state index in [9.17, 15) is 0 Å². The van der Waals surface area contributed by atoms with Crippen molar-refractivity contribution in [3.8, 4) is 0 Å². The average Bonchev–Trinajstić information content (AvgIpc) is 2.95. The van der Waals surface area contributed by atoms with E-state index in [1.807, 2.05) is 6.08 Å². The second kappa shape index (κ2) is 10.6. The van der Waals surface area contributed by atoms with Crippen molar-refractivity contribution < 1.29 is 0 Å². The third-order valence-electron chi connectivity index (χ3n) is 3.90. The first kappa shape index (κ1) is 19.9. The Kier molecular flexibility index (Phi) is 9.20. The molecule has 0 aliphatic carbocycles. The number of aryl methyl sites for hydroxylation is 1. The monoisotopic (exact) mass is 432 g/mol. The van der Waals surface area contributed by atoms with Crippen LogP contribution in [0.2, 0.25) is 0 Å². The molecule has 7 heteroatoms. The van der Waals surface area contributed by atoms with Crippen molar-refractivity contribution in [1.29, 1.82) is 0 Å². The summed E-state index contributed by atoms with van der Waals surface area (Å²) in [7, 11) is 2.07. The van der Waals surface area contributed by atoms with Crippen molar-refractivity contribution in [1.82, 2.24) is 25.0 Å². The summed E-state index contributed by atoms with van der Waals surface area (Å²) in [5, 5.41) is 11.9. The first-order valence-electron chi connectivity index (χ1n) is 8.27. The van der Waals surface area contributed by atoms with E-state index in [0.717, 1.165) is 56.5 Å². The predicted molar refractivity (Wildman–Crippen MR) is 105 cm³/mol. The Labute approximate surface area is 156 Å². The Hall–Kier alpha value is -1.12. The van der Waals surface area contributed by atoms with Gasteiger partial charge in [-0.15, -0.1) is 40.8 Å². The molecule has 0 radical (unpaired) electrons. The molecule has 0 spiro atoms. The molecule has 6 nitrogen and oxygen atoms in total. The molecule has 1 aliphatic rings. The molecule has 0 saturated heterocycles.